The minimum atomic E-state index is -0.927. The van der Waals surface area contributed by atoms with E-state index < -0.39 is 11.9 Å². The number of amides is 3. The molecule has 0 radical (unpaired) electrons. The van der Waals surface area contributed by atoms with Crippen molar-refractivity contribution in [2.24, 2.45) is 23.7 Å². The van der Waals surface area contributed by atoms with Gasteiger partial charge in [-0.3, -0.25) is 19.3 Å². The van der Waals surface area contributed by atoms with Gasteiger partial charge in [-0.05, 0) is 64.4 Å². The van der Waals surface area contributed by atoms with Gasteiger partial charge in [-0.2, -0.15) is 0 Å². The van der Waals surface area contributed by atoms with Crippen molar-refractivity contribution in [2.45, 2.75) is 25.8 Å². The third-order valence-corrected chi connectivity index (χ3v) is 8.11. The van der Waals surface area contributed by atoms with E-state index in [2.05, 4.69) is 33.4 Å². The molecule has 0 spiro atoms. The number of hydrogen-bond donors (Lipinski definition) is 1. The van der Waals surface area contributed by atoms with Gasteiger partial charge in [0.15, 0.2) is 0 Å². The highest BCUT2D eigenvalue weighted by atomic mass is 79.9. The summed E-state index contributed by atoms with van der Waals surface area (Å²) in [5, 5.41) is 3.38. The molecule has 5 nitrogen and oxygen atoms in total. The molecular weight excluding hydrogens is 492 g/mol. The molecule has 0 aromatic heterocycles. The van der Waals surface area contributed by atoms with Crippen molar-refractivity contribution in [2.75, 3.05) is 5.32 Å². The summed E-state index contributed by atoms with van der Waals surface area (Å²) in [7, 11) is 0. The molecule has 1 saturated heterocycles. The minimum Gasteiger partial charge on any atom is -0.324 e. The fourth-order valence-electron chi connectivity index (χ4n) is 5.37. The number of allylic oxidation sites excluding steroid dienone is 2. The summed E-state index contributed by atoms with van der Waals surface area (Å²) in [6, 6.07) is 12.0. The number of imide groups is 1. The Kier molecular flexibility index (Phi) is 5.46. The number of rotatable bonds is 5. The first-order chi connectivity index (χ1) is 15.3. The third kappa shape index (κ3) is 3.50. The van der Waals surface area contributed by atoms with Gasteiger partial charge in [0.2, 0.25) is 17.7 Å². The Balaban J connectivity index is 1.47. The summed E-state index contributed by atoms with van der Waals surface area (Å²) in [4.78, 5) is 41.6. The lowest BCUT2D eigenvalue weighted by molar-refractivity contribution is -0.147. The van der Waals surface area contributed by atoms with Gasteiger partial charge in [0.05, 0.1) is 16.9 Å². The van der Waals surface area contributed by atoms with E-state index in [1.54, 1.807) is 6.07 Å². The summed E-state index contributed by atoms with van der Waals surface area (Å²) in [6.07, 6.45) is 5.22. The number of fused-ring (bicyclic) bond motifs is 5. The zero-order chi connectivity index (χ0) is 22.6. The second-order valence-corrected chi connectivity index (χ2v) is 10.1. The second kappa shape index (κ2) is 8.16. The van der Waals surface area contributed by atoms with Crippen molar-refractivity contribution in [3.63, 3.8) is 0 Å². The van der Waals surface area contributed by atoms with Gasteiger partial charge in [-0.15, -0.1) is 0 Å². The van der Waals surface area contributed by atoms with Crippen LogP contribution in [0.4, 0.5) is 5.69 Å². The van der Waals surface area contributed by atoms with E-state index in [1.807, 2.05) is 43.3 Å². The largest absolute Gasteiger partial charge is 0.324 e. The monoisotopic (exact) mass is 512 g/mol. The molecule has 1 aliphatic heterocycles. The highest BCUT2D eigenvalue weighted by molar-refractivity contribution is 9.10. The molecule has 0 unspecified atom stereocenters. The number of halogens is 2. The molecule has 3 amide bonds. The molecule has 2 bridgehead atoms. The van der Waals surface area contributed by atoms with Crippen LogP contribution in [0.5, 0.6) is 0 Å². The molecule has 32 heavy (non-hydrogen) atoms. The van der Waals surface area contributed by atoms with Gasteiger partial charge >= 0.3 is 0 Å². The highest BCUT2D eigenvalue weighted by Crippen LogP contribution is 2.53. The summed E-state index contributed by atoms with van der Waals surface area (Å²) >= 11 is 9.62. The maximum absolute atomic E-state index is 13.5. The molecule has 1 heterocycles. The third-order valence-electron chi connectivity index (χ3n) is 6.92. The van der Waals surface area contributed by atoms with Gasteiger partial charge < -0.3 is 5.32 Å². The summed E-state index contributed by atoms with van der Waals surface area (Å²) in [5.41, 5.74) is 2.27. The molecule has 3 aliphatic rings. The zero-order valence-corrected chi connectivity index (χ0v) is 19.8. The van der Waals surface area contributed by atoms with E-state index in [0.29, 0.717) is 10.7 Å². The van der Waals surface area contributed by atoms with E-state index in [-0.39, 0.29) is 41.9 Å². The van der Waals surface area contributed by atoms with Crippen LogP contribution in [-0.2, 0) is 20.8 Å². The van der Waals surface area contributed by atoms with Crippen molar-refractivity contribution in [1.82, 2.24) is 4.90 Å². The number of likely N-dealkylation sites (tertiary alicyclic amines) is 1. The summed E-state index contributed by atoms with van der Waals surface area (Å²) in [5.74, 6) is -1.33. The van der Waals surface area contributed by atoms with Crippen molar-refractivity contribution in [3.05, 3.63) is 75.2 Å². The number of nitrogens with one attached hydrogen (secondary N) is 1. The lowest BCUT2D eigenvalue weighted by atomic mass is 9.85. The number of anilines is 1. The average Bonchev–Trinajstić information content (AvgIpc) is 3.45. The predicted octanol–water partition coefficient (Wildman–Crippen LogP) is 4.77. The maximum atomic E-state index is 13.5. The van der Waals surface area contributed by atoms with E-state index in [0.717, 1.165) is 22.0 Å². The molecule has 2 aromatic carbocycles. The molecule has 164 valence electrons. The highest BCUT2D eigenvalue weighted by Gasteiger charge is 2.61. The van der Waals surface area contributed by atoms with E-state index >= 15 is 0 Å². The number of carbonyl (C=O) groups is 3. The number of hydrogen-bond acceptors (Lipinski definition) is 3. The van der Waals surface area contributed by atoms with Gasteiger partial charge in [0, 0.05) is 16.6 Å². The van der Waals surface area contributed by atoms with Crippen molar-refractivity contribution < 1.29 is 14.4 Å². The van der Waals surface area contributed by atoms with Crippen molar-refractivity contribution in [1.29, 1.82) is 0 Å². The van der Waals surface area contributed by atoms with Gasteiger partial charge in [0.1, 0.15) is 6.04 Å². The maximum Gasteiger partial charge on any atom is 0.248 e. The SMILES string of the molecule is Cc1cc(Br)c(Cl)cc1NC(=O)[C@H](Cc1ccccc1)N1C(=O)[C@@H]2[C@@H](C1=O)[C@H]1C=C[C@H]2C1. The Morgan fingerprint density at radius 1 is 1.12 bits per heavy atom. The molecule has 2 aromatic rings. The Morgan fingerprint density at radius 3 is 2.38 bits per heavy atom. The Bertz CT molecular complexity index is 1120. The van der Waals surface area contributed by atoms with Crippen LogP contribution in [0.1, 0.15) is 17.5 Å². The zero-order valence-electron chi connectivity index (χ0n) is 17.4. The molecule has 5 rings (SSSR count). The van der Waals surface area contributed by atoms with Crippen LogP contribution >= 0.6 is 27.5 Å². The lowest BCUT2D eigenvalue weighted by Crippen LogP contribution is -2.49. The predicted molar refractivity (Wildman–Crippen MR) is 126 cm³/mol. The molecule has 2 aliphatic carbocycles. The fourth-order valence-corrected chi connectivity index (χ4v) is 5.99. The first kappa shape index (κ1) is 21.4. The Labute approximate surface area is 199 Å². The van der Waals surface area contributed by atoms with Crippen LogP contribution in [-0.4, -0.2) is 28.7 Å². The Hall–Kier alpha value is -2.44. The van der Waals surface area contributed by atoms with Crippen LogP contribution in [0.25, 0.3) is 0 Å². The van der Waals surface area contributed by atoms with Crippen LogP contribution in [0, 0.1) is 30.6 Å². The first-order valence-corrected chi connectivity index (χ1v) is 11.9. The quantitative estimate of drug-likeness (QED) is 0.463. The minimum absolute atomic E-state index is 0.0967. The van der Waals surface area contributed by atoms with E-state index in [9.17, 15) is 14.4 Å². The van der Waals surface area contributed by atoms with E-state index in [1.165, 1.54) is 4.90 Å². The van der Waals surface area contributed by atoms with Crippen molar-refractivity contribution >= 4 is 50.9 Å². The molecule has 1 N–H and O–H groups in total. The fraction of sp³-hybridized carbons (Fsp3) is 0.320. The van der Waals surface area contributed by atoms with Gasteiger partial charge in [-0.1, -0.05) is 54.1 Å². The topological polar surface area (TPSA) is 66.5 Å². The van der Waals surface area contributed by atoms with Crippen molar-refractivity contribution in [3.8, 4) is 0 Å². The second-order valence-electron chi connectivity index (χ2n) is 8.82. The van der Waals surface area contributed by atoms with Crippen LogP contribution in [0.2, 0.25) is 5.02 Å². The number of nitrogens with zero attached hydrogens (tertiary/aromatic N) is 1. The van der Waals surface area contributed by atoms with Crippen LogP contribution in [0.15, 0.2) is 59.1 Å². The molecule has 2 fully saturated rings. The van der Waals surface area contributed by atoms with Gasteiger partial charge in [-0.25, -0.2) is 0 Å². The normalized spacial score (nSPS) is 26.5. The average molecular weight is 514 g/mol. The summed E-state index contributed by atoms with van der Waals surface area (Å²) in [6.45, 7) is 1.86. The first-order valence-electron chi connectivity index (χ1n) is 10.7. The number of carbonyl (C=O) groups excluding carboxylic acids is 3. The smallest absolute Gasteiger partial charge is 0.248 e. The van der Waals surface area contributed by atoms with E-state index in [4.69, 9.17) is 11.6 Å². The molecular formula is C25H22BrClN2O3. The standard InChI is InChI=1S/C25H22BrClN2O3/c1-13-9-17(26)18(27)12-19(13)28-23(30)20(10-14-5-3-2-4-6-14)29-24(31)21-15-7-8-16(11-15)22(21)25(29)32/h2-9,12,15-16,20-22H,10-11H2,1H3,(H,28,30)/t15-,16-,20-,21-,22-/m0/s1. The molecule has 7 heteroatoms. The van der Waals surface area contributed by atoms with Gasteiger partial charge in [0.25, 0.3) is 0 Å². The molecule has 1 saturated carbocycles. The molecule has 5 atom stereocenters. The number of benzene rings is 2. The summed E-state index contributed by atoms with van der Waals surface area (Å²) < 4.78 is 0.733. The Morgan fingerprint density at radius 2 is 1.75 bits per heavy atom. The van der Waals surface area contributed by atoms with Crippen LogP contribution in [0.3, 0.4) is 0 Å². The lowest BCUT2D eigenvalue weighted by Gasteiger charge is -2.27. The number of aryl methyl sites for hydroxylation is 1. The van der Waals surface area contributed by atoms with Crippen LogP contribution < -0.4 is 5.32 Å².